The molecule has 0 radical (unpaired) electrons. The molecule has 0 saturated carbocycles. The van der Waals surface area contributed by atoms with Crippen molar-refractivity contribution in [1.29, 1.82) is 0 Å². The van der Waals surface area contributed by atoms with Gasteiger partial charge in [0.2, 0.25) is 23.6 Å². The highest BCUT2D eigenvalue weighted by atomic mass is 79.9. The fourth-order valence-corrected chi connectivity index (χ4v) is 2.98. The summed E-state index contributed by atoms with van der Waals surface area (Å²) in [7, 11) is 0. The van der Waals surface area contributed by atoms with Crippen LogP contribution in [-0.4, -0.2) is 28.6 Å². The number of aryl methyl sites for hydroxylation is 2. The molecule has 2 amide bonds. The summed E-state index contributed by atoms with van der Waals surface area (Å²) < 4.78 is 6.50. The van der Waals surface area contributed by atoms with Gasteiger partial charge in [-0.25, -0.2) is 0 Å². The molecule has 0 atom stereocenters. The second-order valence-corrected chi connectivity index (χ2v) is 7.07. The number of rotatable bonds is 7. The van der Waals surface area contributed by atoms with E-state index in [1.165, 1.54) is 0 Å². The van der Waals surface area contributed by atoms with E-state index in [4.69, 9.17) is 4.42 Å². The Morgan fingerprint density at radius 2 is 1.86 bits per heavy atom. The highest BCUT2D eigenvalue weighted by molar-refractivity contribution is 9.10. The average molecular weight is 443 g/mol. The normalized spacial score (nSPS) is 10.5. The van der Waals surface area contributed by atoms with Crippen LogP contribution in [0.25, 0.3) is 11.5 Å². The van der Waals surface area contributed by atoms with E-state index in [2.05, 4.69) is 36.8 Å². The van der Waals surface area contributed by atoms with Crippen molar-refractivity contribution in [2.75, 3.05) is 11.9 Å². The molecule has 3 aromatic rings. The molecule has 144 valence electrons. The van der Waals surface area contributed by atoms with Crippen molar-refractivity contribution in [3.8, 4) is 11.5 Å². The molecule has 1 aromatic heterocycles. The maximum Gasteiger partial charge on any atom is 0.247 e. The van der Waals surface area contributed by atoms with E-state index in [1.807, 2.05) is 49.4 Å². The highest BCUT2D eigenvalue weighted by Gasteiger charge is 2.11. The van der Waals surface area contributed by atoms with Crippen LogP contribution in [0.4, 0.5) is 5.69 Å². The van der Waals surface area contributed by atoms with Crippen LogP contribution >= 0.6 is 15.9 Å². The van der Waals surface area contributed by atoms with Crippen molar-refractivity contribution in [2.24, 2.45) is 0 Å². The first kappa shape index (κ1) is 19.8. The summed E-state index contributed by atoms with van der Waals surface area (Å²) in [6, 6.07) is 15.0. The number of hydrogen-bond donors (Lipinski definition) is 2. The lowest BCUT2D eigenvalue weighted by Crippen LogP contribution is -2.33. The van der Waals surface area contributed by atoms with Gasteiger partial charge in [0, 0.05) is 28.6 Å². The van der Waals surface area contributed by atoms with Gasteiger partial charge in [-0.05, 0) is 42.8 Å². The molecule has 3 rings (SSSR count). The number of nitrogens with one attached hydrogen (secondary N) is 2. The maximum atomic E-state index is 12.0. The summed E-state index contributed by atoms with van der Waals surface area (Å²) in [6.45, 7) is 1.79. The summed E-state index contributed by atoms with van der Waals surface area (Å²) in [6.07, 6.45) is 0.458. The van der Waals surface area contributed by atoms with Crippen molar-refractivity contribution in [1.82, 2.24) is 15.5 Å². The molecule has 1 heterocycles. The van der Waals surface area contributed by atoms with Crippen LogP contribution in [0.5, 0.6) is 0 Å². The van der Waals surface area contributed by atoms with Crippen LogP contribution in [0.1, 0.15) is 17.9 Å². The number of anilines is 1. The van der Waals surface area contributed by atoms with Crippen LogP contribution in [0.3, 0.4) is 0 Å². The average Bonchev–Trinajstić information content (AvgIpc) is 3.17. The third-order valence-electron chi connectivity index (χ3n) is 3.96. The Kier molecular flexibility index (Phi) is 6.54. The molecule has 2 aromatic carbocycles. The number of hydrogen-bond acceptors (Lipinski definition) is 5. The smallest absolute Gasteiger partial charge is 0.247 e. The zero-order valence-electron chi connectivity index (χ0n) is 15.2. The van der Waals surface area contributed by atoms with Gasteiger partial charge in [-0.2, -0.15) is 0 Å². The molecule has 0 aliphatic rings. The standard InChI is InChI=1S/C20H19BrN4O3/c1-13-11-15(21)7-8-16(13)23-18(27)12-22-17(26)9-10-19-24-25-20(28-19)14-5-3-2-4-6-14/h2-8,11H,9-10,12H2,1H3,(H,22,26)(H,23,27). The summed E-state index contributed by atoms with van der Waals surface area (Å²) in [5.74, 6) is 0.245. The molecular formula is C20H19BrN4O3. The number of aromatic nitrogens is 2. The van der Waals surface area contributed by atoms with Gasteiger partial charge < -0.3 is 15.1 Å². The first-order valence-corrected chi connectivity index (χ1v) is 9.51. The highest BCUT2D eigenvalue weighted by Crippen LogP contribution is 2.20. The Bertz CT molecular complexity index is 973. The summed E-state index contributed by atoms with van der Waals surface area (Å²) >= 11 is 3.38. The van der Waals surface area contributed by atoms with E-state index >= 15 is 0 Å². The molecule has 0 aliphatic heterocycles. The predicted molar refractivity (Wildman–Crippen MR) is 109 cm³/mol. The van der Waals surface area contributed by atoms with Crippen LogP contribution < -0.4 is 10.6 Å². The lowest BCUT2D eigenvalue weighted by molar-refractivity contribution is -0.124. The monoisotopic (exact) mass is 442 g/mol. The molecule has 0 aliphatic carbocycles. The van der Waals surface area contributed by atoms with Crippen LogP contribution in [-0.2, 0) is 16.0 Å². The van der Waals surface area contributed by atoms with Crippen molar-refractivity contribution in [2.45, 2.75) is 19.8 Å². The Balaban J connectivity index is 1.43. The number of amides is 2. The molecule has 8 heteroatoms. The zero-order chi connectivity index (χ0) is 19.9. The van der Waals surface area contributed by atoms with Gasteiger partial charge in [0.15, 0.2) is 0 Å². The van der Waals surface area contributed by atoms with Gasteiger partial charge in [0.1, 0.15) is 0 Å². The first-order chi connectivity index (χ1) is 13.5. The van der Waals surface area contributed by atoms with Gasteiger partial charge in [-0.1, -0.05) is 34.1 Å². The fraction of sp³-hybridized carbons (Fsp3) is 0.200. The molecule has 7 nitrogen and oxygen atoms in total. The number of carbonyl (C=O) groups is 2. The quantitative estimate of drug-likeness (QED) is 0.583. The van der Waals surface area contributed by atoms with Crippen molar-refractivity contribution >= 4 is 33.4 Å². The van der Waals surface area contributed by atoms with Gasteiger partial charge in [-0.3, -0.25) is 9.59 Å². The number of nitrogens with zero attached hydrogens (tertiary/aromatic N) is 2. The van der Waals surface area contributed by atoms with Crippen molar-refractivity contribution < 1.29 is 14.0 Å². The van der Waals surface area contributed by atoms with Gasteiger partial charge >= 0.3 is 0 Å². The zero-order valence-corrected chi connectivity index (χ0v) is 16.8. The number of halogens is 1. The van der Waals surface area contributed by atoms with E-state index in [1.54, 1.807) is 6.07 Å². The van der Waals surface area contributed by atoms with E-state index in [9.17, 15) is 9.59 Å². The number of benzene rings is 2. The van der Waals surface area contributed by atoms with Gasteiger partial charge in [-0.15, -0.1) is 10.2 Å². The summed E-state index contributed by atoms with van der Waals surface area (Å²) in [5.41, 5.74) is 2.46. The van der Waals surface area contributed by atoms with Crippen molar-refractivity contribution in [3.63, 3.8) is 0 Å². The molecule has 0 saturated heterocycles. The van der Waals surface area contributed by atoms with Crippen LogP contribution in [0.15, 0.2) is 57.4 Å². The van der Waals surface area contributed by atoms with Gasteiger partial charge in [0.05, 0.1) is 6.54 Å². The van der Waals surface area contributed by atoms with Crippen LogP contribution in [0.2, 0.25) is 0 Å². The summed E-state index contributed by atoms with van der Waals surface area (Å²) in [5, 5.41) is 13.3. The Morgan fingerprint density at radius 1 is 1.07 bits per heavy atom. The minimum atomic E-state index is -0.289. The minimum Gasteiger partial charge on any atom is -0.421 e. The topological polar surface area (TPSA) is 97.1 Å². The van der Waals surface area contributed by atoms with E-state index in [0.29, 0.717) is 23.9 Å². The predicted octanol–water partition coefficient (Wildman–Crippen LogP) is 3.50. The van der Waals surface area contributed by atoms with Crippen LogP contribution in [0, 0.1) is 6.92 Å². The molecule has 0 bridgehead atoms. The third-order valence-corrected chi connectivity index (χ3v) is 4.46. The second-order valence-electron chi connectivity index (χ2n) is 6.15. The molecule has 0 fully saturated rings. The Hall–Kier alpha value is -3.00. The SMILES string of the molecule is Cc1cc(Br)ccc1NC(=O)CNC(=O)CCc1nnc(-c2ccccc2)o1. The van der Waals surface area contributed by atoms with E-state index in [-0.39, 0.29) is 24.8 Å². The Labute approximate surface area is 170 Å². The third kappa shape index (κ3) is 5.50. The van der Waals surface area contributed by atoms with Gasteiger partial charge in [0.25, 0.3) is 0 Å². The second kappa shape index (κ2) is 9.27. The molecular weight excluding hydrogens is 424 g/mol. The largest absolute Gasteiger partial charge is 0.421 e. The lowest BCUT2D eigenvalue weighted by atomic mass is 10.2. The molecule has 2 N–H and O–H groups in total. The molecule has 28 heavy (non-hydrogen) atoms. The summed E-state index contributed by atoms with van der Waals surface area (Å²) in [4.78, 5) is 24.0. The Morgan fingerprint density at radius 3 is 2.61 bits per heavy atom. The first-order valence-electron chi connectivity index (χ1n) is 8.72. The molecule has 0 spiro atoms. The maximum absolute atomic E-state index is 12.0. The fourth-order valence-electron chi connectivity index (χ4n) is 2.50. The lowest BCUT2D eigenvalue weighted by Gasteiger charge is -2.09. The van der Waals surface area contributed by atoms with E-state index < -0.39 is 0 Å². The van der Waals surface area contributed by atoms with E-state index in [0.717, 1.165) is 15.6 Å². The van der Waals surface area contributed by atoms with Crippen molar-refractivity contribution in [3.05, 3.63) is 64.5 Å². The molecule has 0 unspecified atom stereocenters. The number of carbonyl (C=O) groups excluding carboxylic acids is 2. The minimum absolute atomic E-state index is 0.104.